The zero-order valence-corrected chi connectivity index (χ0v) is 15.9. The van der Waals surface area contributed by atoms with Crippen molar-refractivity contribution in [3.63, 3.8) is 0 Å². The highest BCUT2D eigenvalue weighted by atomic mass is 19.4. The summed E-state index contributed by atoms with van der Waals surface area (Å²) >= 11 is 0. The molecule has 4 nitrogen and oxygen atoms in total. The number of nitriles is 1. The van der Waals surface area contributed by atoms with Gasteiger partial charge in [0.05, 0.1) is 22.7 Å². The van der Waals surface area contributed by atoms with Crippen molar-refractivity contribution >= 4 is 11.0 Å². The van der Waals surface area contributed by atoms with E-state index in [1.165, 1.54) is 41.1 Å². The maximum Gasteiger partial charge on any atom is 0.417 e. The monoisotopic (exact) mass is 438 g/mol. The number of halogens is 6. The average Bonchev–Trinajstić information content (AvgIpc) is 3.40. The topological polar surface area (TPSA) is 67.6 Å². The van der Waals surface area contributed by atoms with E-state index in [1.54, 1.807) is 0 Å². The molecule has 1 unspecified atom stereocenters. The number of hydrogen-bond acceptors (Lipinski definition) is 3. The number of hydrogen-bond donors (Lipinski definition) is 1. The summed E-state index contributed by atoms with van der Waals surface area (Å²) < 4.78 is 81.6. The van der Waals surface area contributed by atoms with Gasteiger partial charge < -0.3 is 10.3 Å². The fourth-order valence-electron chi connectivity index (χ4n) is 3.62. The first kappa shape index (κ1) is 21.2. The van der Waals surface area contributed by atoms with Crippen LogP contribution in [0.3, 0.4) is 0 Å². The fraction of sp³-hybridized carbons (Fsp3) is 0.333. The molecule has 0 bridgehead atoms. The number of aromatic nitrogens is 2. The minimum atomic E-state index is -4.72. The second kappa shape index (κ2) is 6.99. The highest BCUT2D eigenvalue weighted by molar-refractivity contribution is 5.84. The average molecular weight is 438 g/mol. The van der Waals surface area contributed by atoms with Gasteiger partial charge in [0.25, 0.3) is 0 Å². The molecule has 1 aromatic carbocycles. The minimum Gasteiger partial charge on any atom is -0.331 e. The van der Waals surface area contributed by atoms with Gasteiger partial charge in [0.1, 0.15) is 11.7 Å². The number of fused-ring (bicyclic) bond motifs is 1. The Morgan fingerprint density at radius 2 is 1.77 bits per heavy atom. The van der Waals surface area contributed by atoms with Gasteiger partial charge in [-0.25, -0.2) is 4.98 Å². The molecule has 3 aromatic rings. The Hall–Kier alpha value is -3.06. The molecule has 0 spiro atoms. The first-order valence-corrected chi connectivity index (χ1v) is 9.35. The van der Waals surface area contributed by atoms with Crippen molar-refractivity contribution in [1.29, 1.82) is 5.26 Å². The largest absolute Gasteiger partial charge is 0.417 e. The van der Waals surface area contributed by atoms with Gasteiger partial charge in [-0.2, -0.15) is 31.6 Å². The number of rotatable bonds is 4. The summed E-state index contributed by atoms with van der Waals surface area (Å²) in [4.78, 5) is 4.28. The molecule has 2 N–H and O–H groups in total. The second-order valence-corrected chi connectivity index (χ2v) is 7.73. The zero-order chi connectivity index (χ0) is 22.6. The van der Waals surface area contributed by atoms with Crippen molar-refractivity contribution in [1.82, 2.24) is 9.55 Å². The van der Waals surface area contributed by atoms with Crippen LogP contribution < -0.4 is 5.73 Å². The van der Waals surface area contributed by atoms with Gasteiger partial charge in [-0.3, -0.25) is 0 Å². The van der Waals surface area contributed by atoms with Crippen molar-refractivity contribution in [3.8, 4) is 17.3 Å². The van der Waals surface area contributed by atoms with Crippen LogP contribution in [0.15, 0.2) is 42.6 Å². The van der Waals surface area contributed by atoms with E-state index in [2.05, 4.69) is 11.1 Å². The summed E-state index contributed by atoms with van der Waals surface area (Å²) in [6.45, 7) is 0.0853. The predicted octanol–water partition coefficient (Wildman–Crippen LogP) is 5.59. The van der Waals surface area contributed by atoms with E-state index in [0.717, 1.165) is 6.07 Å². The zero-order valence-electron chi connectivity index (χ0n) is 15.9. The van der Waals surface area contributed by atoms with Crippen molar-refractivity contribution in [3.05, 3.63) is 53.7 Å². The molecule has 0 radical (unpaired) electrons. The predicted molar refractivity (Wildman–Crippen MR) is 100 cm³/mol. The maximum atomic E-state index is 13.4. The van der Waals surface area contributed by atoms with Crippen molar-refractivity contribution in [2.45, 2.75) is 37.8 Å². The van der Waals surface area contributed by atoms with Gasteiger partial charge in [-0.1, -0.05) is 18.2 Å². The van der Waals surface area contributed by atoms with Crippen LogP contribution >= 0.6 is 0 Å². The second-order valence-electron chi connectivity index (χ2n) is 7.73. The smallest absolute Gasteiger partial charge is 0.331 e. The molecule has 162 valence electrons. The van der Waals surface area contributed by atoms with E-state index in [0.29, 0.717) is 12.8 Å². The molecule has 1 aliphatic carbocycles. The van der Waals surface area contributed by atoms with Crippen molar-refractivity contribution in [2.75, 3.05) is 0 Å². The van der Waals surface area contributed by atoms with Crippen LogP contribution in [0.1, 0.15) is 30.0 Å². The van der Waals surface area contributed by atoms with E-state index in [1.807, 2.05) is 0 Å². The van der Waals surface area contributed by atoms with Gasteiger partial charge in [0, 0.05) is 29.3 Å². The Labute approximate surface area is 172 Å². The summed E-state index contributed by atoms with van der Waals surface area (Å²) in [5, 5.41) is 9.47. The van der Waals surface area contributed by atoms with E-state index < -0.39 is 29.4 Å². The summed E-state index contributed by atoms with van der Waals surface area (Å²) in [6.07, 6.45) is -6.97. The Balaban J connectivity index is 1.90. The van der Waals surface area contributed by atoms with E-state index in [4.69, 9.17) is 5.73 Å². The SMILES string of the molecule is N#CC1(Cn2cc(C(N)C(F)(F)F)c3ccc(-c4ccccc4C(F)(F)F)nc32)CC1. The van der Waals surface area contributed by atoms with Crippen molar-refractivity contribution < 1.29 is 26.3 Å². The Morgan fingerprint density at radius 1 is 1.10 bits per heavy atom. The lowest BCUT2D eigenvalue weighted by Crippen LogP contribution is -2.28. The molecule has 2 aromatic heterocycles. The molecule has 1 aliphatic rings. The Morgan fingerprint density at radius 3 is 2.35 bits per heavy atom. The third-order valence-electron chi connectivity index (χ3n) is 5.51. The van der Waals surface area contributed by atoms with Crippen LogP contribution in [0.25, 0.3) is 22.3 Å². The molecule has 0 amide bonds. The number of pyridine rings is 1. The van der Waals surface area contributed by atoms with E-state index >= 15 is 0 Å². The standard InChI is InChI=1S/C21H16F6N4/c22-20(23,24)15-4-2-1-3-13(15)16-6-5-12-14(17(29)21(25,26)27)9-31(18(12)30-16)11-19(10-28)7-8-19/h1-6,9,17H,7-8,11,29H2. The molecule has 1 saturated carbocycles. The fourth-order valence-corrected chi connectivity index (χ4v) is 3.62. The third-order valence-corrected chi connectivity index (χ3v) is 5.51. The van der Waals surface area contributed by atoms with E-state index in [9.17, 15) is 31.6 Å². The first-order valence-electron chi connectivity index (χ1n) is 9.35. The van der Waals surface area contributed by atoms with E-state index in [-0.39, 0.29) is 34.4 Å². The molecule has 1 atom stereocenters. The highest BCUT2D eigenvalue weighted by Gasteiger charge is 2.45. The van der Waals surface area contributed by atoms with Crippen LogP contribution in [0, 0.1) is 16.7 Å². The Kier molecular flexibility index (Phi) is 4.77. The van der Waals surface area contributed by atoms with Crippen LogP contribution in [0.4, 0.5) is 26.3 Å². The lowest BCUT2D eigenvalue weighted by molar-refractivity contribution is -0.148. The third kappa shape index (κ3) is 3.85. The summed E-state index contributed by atoms with van der Waals surface area (Å²) in [5.41, 5.74) is 3.40. The minimum absolute atomic E-state index is 0.0336. The lowest BCUT2D eigenvalue weighted by Gasteiger charge is -2.15. The lowest BCUT2D eigenvalue weighted by atomic mass is 10.0. The number of nitrogens with zero attached hydrogens (tertiary/aromatic N) is 3. The summed E-state index contributed by atoms with van der Waals surface area (Å²) in [6, 6.07) is 7.27. The first-order chi connectivity index (χ1) is 14.5. The number of benzene rings is 1. The van der Waals surface area contributed by atoms with Gasteiger partial charge in [0.2, 0.25) is 0 Å². The van der Waals surface area contributed by atoms with Gasteiger partial charge in [0.15, 0.2) is 0 Å². The van der Waals surface area contributed by atoms with Gasteiger partial charge in [-0.15, -0.1) is 0 Å². The molecule has 4 rings (SSSR count). The normalized spacial score (nSPS) is 16.8. The molecule has 0 aliphatic heterocycles. The number of nitrogens with two attached hydrogens (primary N) is 1. The molecule has 0 saturated heterocycles. The molecular formula is C21H16F6N4. The van der Waals surface area contributed by atoms with Gasteiger partial charge >= 0.3 is 12.4 Å². The quantitative estimate of drug-likeness (QED) is 0.540. The van der Waals surface area contributed by atoms with Gasteiger partial charge in [-0.05, 0) is 31.0 Å². The van der Waals surface area contributed by atoms with Crippen LogP contribution in [0.2, 0.25) is 0 Å². The van der Waals surface area contributed by atoms with Crippen LogP contribution in [-0.4, -0.2) is 15.7 Å². The molecule has 31 heavy (non-hydrogen) atoms. The summed E-state index contributed by atoms with van der Waals surface area (Å²) in [7, 11) is 0. The van der Waals surface area contributed by atoms with Crippen molar-refractivity contribution in [2.24, 2.45) is 11.1 Å². The molecular weight excluding hydrogens is 422 g/mol. The highest BCUT2D eigenvalue weighted by Crippen LogP contribution is 2.47. The van der Waals surface area contributed by atoms with Crippen LogP contribution in [-0.2, 0) is 12.7 Å². The van der Waals surface area contributed by atoms with Crippen LogP contribution in [0.5, 0.6) is 0 Å². The maximum absolute atomic E-state index is 13.4. The molecule has 10 heteroatoms. The Bertz CT molecular complexity index is 1180. The summed E-state index contributed by atoms with van der Waals surface area (Å²) in [5.74, 6) is 0. The molecule has 2 heterocycles. The molecule has 1 fully saturated rings. The number of alkyl halides is 6.